The van der Waals surface area contributed by atoms with Crippen LogP contribution < -0.4 is 0 Å². The van der Waals surface area contributed by atoms with Gasteiger partial charge in [0, 0.05) is 6.08 Å². The fourth-order valence-corrected chi connectivity index (χ4v) is 1.21. The first-order valence-corrected chi connectivity index (χ1v) is 4.39. The lowest BCUT2D eigenvalue weighted by Gasteiger charge is -2.08. The molecule has 0 heterocycles. The Morgan fingerprint density at radius 1 is 1.38 bits per heavy atom. The van der Waals surface area contributed by atoms with Gasteiger partial charge >= 0.3 is 12.1 Å². The highest BCUT2D eigenvalue weighted by Crippen LogP contribution is 2.30. The molecule has 0 bridgehead atoms. The topological polar surface area (TPSA) is 37.3 Å². The van der Waals surface area contributed by atoms with E-state index in [2.05, 4.69) is 0 Å². The summed E-state index contributed by atoms with van der Waals surface area (Å²) in [7, 11) is 0. The largest absolute Gasteiger partial charge is 0.478 e. The molecule has 0 atom stereocenters. The van der Waals surface area contributed by atoms with Crippen molar-refractivity contribution in [2.24, 2.45) is 0 Å². The molecule has 0 aliphatic carbocycles. The van der Waals surface area contributed by atoms with E-state index in [1.165, 1.54) is 19.1 Å². The number of carbonyl (C=O) groups is 1. The summed E-state index contributed by atoms with van der Waals surface area (Å²) in [4.78, 5) is 10.4. The molecule has 0 unspecified atom stereocenters. The number of benzene rings is 1. The lowest BCUT2D eigenvalue weighted by atomic mass is 10.0. The van der Waals surface area contributed by atoms with E-state index in [0.717, 1.165) is 18.2 Å². The smallest absolute Gasteiger partial charge is 0.416 e. The van der Waals surface area contributed by atoms with E-state index in [9.17, 15) is 18.0 Å². The van der Waals surface area contributed by atoms with E-state index >= 15 is 0 Å². The number of hydrogen-bond acceptors (Lipinski definition) is 1. The fraction of sp³-hybridized carbons (Fsp3) is 0.182. The van der Waals surface area contributed by atoms with Crippen LogP contribution in [0.1, 0.15) is 18.1 Å². The lowest BCUT2D eigenvalue weighted by molar-refractivity contribution is -0.137. The summed E-state index contributed by atoms with van der Waals surface area (Å²) in [6.45, 7) is 1.45. The van der Waals surface area contributed by atoms with Gasteiger partial charge in [-0.2, -0.15) is 13.2 Å². The van der Waals surface area contributed by atoms with Crippen LogP contribution in [0.3, 0.4) is 0 Å². The molecule has 0 saturated heterocycles. The van der Waals surface area contributed by atoms with Gasteiger partial charge in [-0.3, -0.25) is 0 Å². The number of halogens is 3. The van der Waals surface area contributed by atoms with Crippen LogP contribution in [0.4, 0.5) is 13.2 Å². The van der Waals surface area contributed by atoms with Crippen LogP contribution in [0, 0.1) is 0 Å². The summed E-state index contributed by atoms with van der Waals surface area (Å²) in [6, 6.07) is 4.55. The second-order valence-corrected chi connectivity index (χ2v) is 3.24. The average Bonchev–Trinajstić information content (AvgIpc) is 2.15. The molecule has 2 nitrogen and oxygen atoms in total. The van der Waals surface area contributed by atoms with E-state index in [1.54, 1.807) is 0 Å². The maximum atomic E-state index is 12.4. The fourth-order valence-electron chi connectivity index (χ4n) is 1.21. The Morgan fingerprint density at radius 2 is 2.00 bits per heavy atom. The van der Waals surface area contributed by atoms with Crippen molar-refractivity contribution >= 4 is 11.5 Å². The predicted molar refractivity (Wildman–Crippen MR) is 52.7 cm³/mol. The molecule has 0 aliphatic rings. The van der Waals surface area contributed by atoms with E-state index in [0.29, 0.717) is 0 Å². The molecule has 1 N–H and O–H groups in total. The van der Waals surface area contributed by atoms with Crippen LogP contribution in [0.15, 0.2) is 30.3 Å². The summed E-state index contributed by atoms with van der Waals surface area (Å²) < 4.78 is 37.1. The van der Waals surface area contributed by atoms with Crippen LogP contribution in [0.5, 0.6) is 0 Å². The minimum Gasteiger partial charge on any atom is -0.478 e. The van der Waals surface area contributed by atoms with Gasteiger partial charge in [-0.1, -0.05) is 12.1 Å². The first-order valence-electron chi connectivity index (χ1n) is 4.39. The molecule has 0 spiro atoms. The minimum atomic E-state index is -4.42. The van der Waals surface area contributed by atoms with E-state index in [1.807, 2.05) is 0 Å². The maximum absolute atomic E-state index is 12.4. The Kier molecular flexibility index (Phi) is 3.37. The molecule has 0 amide bonds. The number of aliphatic carboxylic acids is 1. The lowest BCUT2D eigenvalue weighted by Crippen LogP contribution is -2.05. The molecule has 1 aromatic carbocycles. The summed E-state index contributed by atoms with van der Waals surface area (Å²) in [5.41, 5.74) is -0.265. The van der Waals surface area contributed by atoms with Crippen LogP contribution in [0.25, 0.3) is 5.57 Å². The Balaban J connectivity index is 3.13. The van der Waals surface area contributed by atoms with Crippen molar-refractivity contribution in [1.82, 2.24) is 0 Å². The van der Waals surface area contributed by atoms with Gasteiger partial charge in [0.2, 0.25) is 0 Å². The Labute approximate surface area is 90.0 Å². The molecule has 0 fully saturated rings. The summed E-state index contributed by atoms with van der Waals surface area (Å²) in [5, 5.41) is 8.48. The summed E-state index contributed by atoms with van der Waals surface area (Å²) >= 11 is 0. The molecule has 0 aliphatic heterocycles. The van der Waals surface area contributed by atoms with Gasteiger partial charge in [0.1, 0.15) is 0 Å². The normalized spacial score (nSPS) is 12.6. The molecule has 86 valence electrons. The number of carboxylic acids is 1. The second kappa shape index (κ2) is 4.38. The van der Waals surface area contributed by atoms with Gasteiger partial charge in [-0.05, 0) is 30.2 Å². The monoisotopic (exact) mass is 230 g/mol. The number of hydrogen-bond donors (Lipinski definition) is 1. The molecular weight excluding hydrogens is 221 g/mol. The number of alkyl halides is 3. The van der Waals surface area contributed by atoms with Crippen molar-refractivity contribution in [2.75, 3.05) is 0 Å². The predicted octanol–water partition coefficient (Wildman–Crippen LogP) is 3.19. The highest BCUT2D eigenvalue weighted by molar-refractivity contribution is 5.89. The standard InChI is InChI=1S/C11H9F3O2/c1-7(5-10(15)16)8-3-2-4-9(6-8)11(12,13)14/h2-6H,1H3,(H,15,16)/b7-5-. The second-order valence-electron chi connectivity index (χ2n) is 3.24. The maximum Gasteiger partial charge on any atom is 0.416 e. The quantitative estimate of drug-likeness (QED) is 0.792. The average molecular weight is 230 g/mol. The third-order valence-corrected chi connectivity index (χ3v) is 1.99. The number of carboxylic acid groups (broad SMARTS) is 1. The molecule has 5 heteroatoms. The van der Waals surface area contributed by atoms with Crippen LogP contribution in [0.2, 0.25) is 0 Å². The molecule has 0 saturated carbocycles. The van der Waals surface area contributed by atoms with Crippen molar-refractivity contribution in [3.05, 3.63) is 41.5 Å². The third kappa shape index (κ3) is 3.12. The summed E-state index contributed by atoms with van der Waals surface area (Å²) in [5.74, 6) is -1.19. The van der Waals surface area contributed by atoms with Gasteiger partial charge < -0.3 is 5.11 Å². The van der Waals surface area contributed by atoms with Crippen molar-refractivity contribution in [1.29, 1.82) is 0 Å². The van der Waals surface area contributed by atoms with Crippen molar-refractivity contribution in [2.45, 2.75) is 13.1 Å². The van der Waals surface area contributed by atoms with Crippen molar-refractivity contribution in [3.63, 3.8) is 0 Å². The molecule has 0 aromatic heterocycles. The zero-order valence-corrected chi connectivity index (χ0v) is 8.38. The van der Waals surface area contributed by atoms with Crippen molar-refractivity contribution in [3.8, 4) is 0 Å². The van der Waals surface area contributed by atoms with Crippen LogP contribution in [-0.4, -0.2) is 11.1 Å². The first kappa shape index (κ1) is 12.3. The number of rotatable bonds is 2. The molecule has 1 rings (SSSR count). The van der Waals surface area contributed by atoms with Gasteiger partial charge in [-0.25, -0.2) is 4.79 Å². The molecular formula is C11H9F3O2. The van der Waals surface area contributed by atoms with Crippen LogP contribution >= 0.6 is 0 Å². The van der Waals surface area contributed by atoms with E-state index in [-0.39, 0.29) is 11.1 Å². The zero-order valence-electron chi connectivity index (χ0n) is 8.38. The van der Waals surface area contributed by atoms with Crippen LogP contribution in [-0.2, 0) is 11.0 Å². The zero-order chi connectivity index (χ0) is 12.3. The first-order chi connectivity index (χ1) is 7.30. The third-order valence-electron chi connectivity index (χ3n) is 1.99. The Bertz CT molecular complexity index is 433. The Hall–Kier alpha value is -1.78. The van der Waals surface area contributed by atoms with Gasteiger partial charge in [0.15, 0.2) is 0 Å². The van der Waals surface area contributed by atoms with Gasteiger partial charge in [0.25, 0.3) is 0 Å². The minimum absolute atomic E-state index is 0.247. The van der Waals surface area contributed by atoms with E-state index < -0.39 is 17.7 Å². The Morgan fingerprint density at radius 3 is 2.50 bits per heavy atom. The number of allylic oxidation sites excluding steroid dienone is 1. The van der Waals surface area contributed by atoms with Gasteiger partial charge in [-0.15, -0.1) is 0 Å². The highest BCUT2D eigenvalue weighted by Gasteiger charge is 2.30. The van der Waals surface area contributed by atoms with Gasteiger partial charge in [0.05, 0.1) is 5.56 Å². The molecule has 1 aromatic rings. The molecule has 16 heavy (non-hydrogen) atoms. The van der Waals surface area contributed by atoms with E-state index in [4.69, 9.17) is 5.11 Å². The highest BCUT2D eigenvalue weighted by atomic mass is 19.4. The summed E-state index contributed by atoms with van der Waals surface area (Å²) in [6.07, 6.45) is -3.55. The SMILES string of the molecule is C/C(=C/C(=O)O)c1cccc(C(F)(F)F)c1. The molecule has 0 radical (unpaired) electrons. The van der Waals surface area contributed by atoms with Crippen molar-refractivity contribution < 1.29 is 23.1 Å².